The smallest absolute Gasteiger partial charge is 0.256 e. The van der Waals surface area contributed by atoms with Crippen molar-refractivity contribution >= 4 is 39.9 Å². The zero-order valence-corrected chi connectivity index (χ0v) is 20.7. The summed E-state index contributed by atoms with van der Waals surface area (Å²) in [5.74, 6) is -2.21. The van der Waals surface area contributed by atoms with Crippen LogP contribution in [0.25, 0.3) is 10.9 Å². The van der Waals surface area contributed by atoms with E-state index in [4.69, 9.17) is 11.6 Å². The van der Waals surface area contributed by atoms with Gasteiger partial charge in [0.2, 0.25) is 0 Å². The fraction of sp³-hybridized carbons (Fsp3) is 0.241. The fourth-order valence-corrected chi connectivity index (χ4v) is 5.91. The summed E-state index contributed by atoms with van der Waals surface area (Å²) in [6.07, 6.45) is 3.36. The van der Waals surface area contributed by atoms with Gasteiger partial charge in [0.1, 0.15) is 11.6 Å². The van der Waals surface area contributed by atoms with Crippen LogP contribution in [0.3, 0.4) is 0 Å². The molecule has 2 aliphatic heterocycles. The molecule has 2 aliphatic rings. The molecule has 1 N–H and O–H groups in total. The average molecular weight is 520 g/mol. The number of anilines is 1. The van der Waals surface area contributed by atoms with Gasteiger partial charge in [-0.3, -0.25) is 9.59 Å². The Morgan fingerprint density at radius 1 is 0.973 bits per heavy atom. The molecule has 0 bridgehead atoms. The molecule has 0 radical (unpaired) electrons. The lowest BCUT2D eigenvalue weighted by atomic mass is 9.74. The lowest BCUT2D eigenvalue weighted by Crippen LogP contribution is -2.46. The Morgan fingerprint density at radius 3 is 2.46 bits per heavy atom. The van der Waals surface area contributed by atoms with Gasteiger partial charge in [0.05, 0.1) is 17.6 Å². The highest BCUT2D eigenvalue weighted by Crippen LogP contribution is 2.44. The number of ketones is 1. The van der Waals surface area contributed by atoms with Crippen LogP contribution in [0.2, 0.25) is 5.02 Å². The van der Waals surface area contributed by atoms with Gasteiger partial charge in [0, 0.05) is 59.0 Å². The number of benzene rings is 3. The van der Waals surface area contributed by atoms with E-state index in [1.807, 2.05) is 11.0 Å². The van der Waals surface area contributed by atoms with Crippen LogP contribution in [0.15, 0.2) is 66.9 Å². The third-order valence-corrected chi connectivity index (χ3v) is 7.93. The molecule has 1 spiro atoms. The van der Waals surface area contributed by atoms with Gasteiger partial charge >= 0.3 is 0 Å². The SMILES string of the molecule is O=C(Cn1cc(C(=O)N2CCC3(CC2)CNc2ccccc23)c2ccc(Cl)cc21)c1cc(F)cc(F)c1. The van der Waals surface area contributed by atoms with Crippen LogP contribution in [-0.2, 0) is 12.0 Å². The standard InChI is InChI=1S/C29H24ClF2N3O2/c30-19-5-6-22-23(15-35(26(22)13-19)16-27(36)18-11-20(31)14-21(32)12-18)28(37)34-9-7-29(8-10-34)17-33-25-4-2-1-3-24(25)29/h1-6,11-15,33H,7-10,16-17H2. The third-order valence-electron chi connectivity index (χ3n) is 7.70. The third kappa shape index (κ3) is 4.17. The Balaban J connectivity index is 1.27. The Morgan fingerprint density at radius 2 is 1.70 bits per heavy atom. The van der Waals surface area contributed by atoms with Crippen LogP contribution in [0.5, 0.6) is 0 Å². The number of nitrogens with one attached hydrogen (secondary N) is 1. The number of piperidine rings is 1. The predicted octanol–water partition coefficient (Wildman–Crippen LogP) is 6.06. The number of para-hydroxylation sites is 1. The summed E-state index contributed by atoms with van der Waals surface area (Å²) < 4.78 is 29.0. The quantitative estimate of drug-likeness (QED) is 0.334. The molecule has 8 heteroatoms. The van der Waals surface area contributed by atoms with Gasteiger partial charge in [-0.2, -0.15) is 0 Å². The summed E-state index contributed by atoms with van der Waals surface area (Å²) in [4.78, 5) is 28.4. The van der Waals surface area contributed by atoms with Crippen molar-refractivity contribution in [3.8, 4) is 0 Å². The minimum absolute atomic E-state index is 0.0293. The largest absolute Gasteiger partial charge is 0.384 e. The number of carbonyl (C=O) groups excluding carboxylic acids is 2. The van der Waals surface area contributed by atoms with Gasteiger partial charge < -0.3 is 14.8 Å². The lowest BCUT2D eigenvalue weighted by molar-refractivity contribution is 0.0677. The number of likely N-dealkylation sites (tertiary alicyclic amines) is 1. The predicted molar refractivity (Wildman–Crippen MR) is 139 cm³/mol. The molecule has 1 aromatic heterocycles. The Bertz CT molecular complexity index is 1540. The first-order valence-electron chi connectivity index (χ1n) is 12.2. The van der Waals surface area contributed by atoms with Gasteiger partial charge in [-0.1, -0.05) is 35.9 Å². The minimum atomic E-state index is -0.817. The number of halogens is 3. The second-order valence-electron chi connectivity index (χ2n) is 9.89. The Kier molecular flexibility index (Phi) is 5.75. The van der Waals surface area contributed by atoms with Crippen molar-refractivity contribution < 1.29 is 18.4 Å². The number of hydrogen-bond acceptors (Lipinski definition) is 3. The molecule has 5 nitrogen and oxygen atoms in total. The molecule has 4 aromatic rings. The van der Waals surface area contributed by atoms with E-state index in [9.17, 15) is 18.4 Å². The lowest BCUT2D eigenvalue weighted by Gasteiger charge is -2.39. The van der Waals surface area contributed by atoms with Crippen LogP contribution in [0, 0.1) is 11.6 Å². The van der Waals surface area contributed by atoms with E-state index in [0.29, 0.717) is 34.6 Å². The summed E-state index contributed by atoms with van der Waals surface area (Å²) in [6.45, 7) is 1.93. The highest BCUT2D eigenvalue weighted by Gasteiger charge is 2.42. The molecule has 188 valence electrons. The van der Waals surface area contributed by atoms with Crippen molar-refractivity contribution in [3.05, 3.63) is 100 Å². The van der Waals surface area contributed by atoms with E-state index in [1.165, 1.54) is 11.3 Å². The van der Waals surface area contributed by atoms with Crippen molar-refractivity contribution in [2.75, 3.05) is 25.0 Å². The van der Waals surface area contributed by atoms with E-state index in [-0.39, 0.29) is 23.4 Å². The summed E-state index contributed by atoms with van der Waals surface area (Å²) in [5.41, 5.74) is 3.54. The number of nitrogens with zero attached hydrogens (tertiary/aromatic N) is 2. The summed E-state index contributed by atoms with van der Waals surface area (Å²) in [7, 11) is 0. The monoisotopic (exact) mass is 519 g/mol. The molecule has 0 saturated carbocycles. The van der Waals surface area contributed by atoms with Gasteiger partial charge in [0.25, 0.3) is 5.91 Å². The maximum absolute atomic E-state index is 13.7. The number of carbonyl (C=O) groups is 2. The van der Waals surface area contributed by atoms with E-state index in [1.54, 1.807) is 29.0 Å². The van der Waals surface area contributed by atoms with Gasteiger partial charge in [0.15, 0.2) is 5.78 Å². The molecule has 0 unspecified atom stereocenters. The zero-order valence-electron chi connectivity index (χ0n) is 19.9. The summed E-state index contributed by atoms with van der Waals surface area (Å²) in [5, 5.41) is 4.65. The van der Waals surface area contributed by atoms with Crippen LogP contribution in [0.4, 0.5) is 14.5 Å². The van der Waals surface area contributed by atoms with Gasteiger partial charge in [-0.25, -0.2) is 8.78 Å². The number of aromatic nitrogens is 1. The molecule has 0 atom stereocenters. The topological polar surface area (TPSA) is 54.3 Å². The average Bonchev–Trinajstić information content (AvgIpc) is 3.42. The van der Waals surface area contributed by atoms with Crippen molar-refractivity contribution in [3.63, 3.8) is 0 Å². The van der Waals surface area contributed by atoms with E-state index < -0.39 is 17.4 Å². The van der Waals surface area contributed by atoms with Crippen LogP contribution in [0.1, 0.15) is 39.1 Å². The number of hydrogen-bond donors (Lipinski definition) is 1. The first-order valence-corrected chi connectivity index (χ1v) is 12.6. The fourth-order valence-electron chi connectivity index (χ4n) is 5.74. The Labute approximate surface area is 217 Å². The second-order valence-corrected chi connectivity index (χ2v) is 10.3. The van der Waals surface area contributed by atoms with Crippen molar-refractivity contribution in [1.29, 1.82) is 0 Å². The maximum Gasteiger partial charge on any atom is 0.256 e. The van der Waals surface area contributed by atoms with Gasteiger partial charge in [-0.05, 0) is 48.7 Å². The first-order chi connectivity index (χ1) is 17.8. The molecule has 1 amide bonds. The number of fused-ring (bicyclic) bond motifs is 3. The number of Topliss-reactive ketones (excluding diaryl/α,β-unsaturated/α-hetero) is 1. The van der Waals surface area contributed by atoms with Crippen molar-refractivity contribution in [2.45, 2.75) is 24.8 Å². The second kappa shape index (κ2) is 8.99. The minimum Gasteiger partial charge on any atom is -0.384 e. The summed E-state index contributed by atoms with van der Waals surface area (Å²) >= 11 is 6.24. The molecule has 1 saturated heterocycles. The maximum atomic E-state index is 13.7. The zero-order chi connectivity index (χ0) is 25.7. The van der Waals surface area contributed by atoms with Crippen LogP contribution < -0.4 is 5.32 Å². The molecule has 3 heterocycles. The van der Waals surface area contributed by atoms with Gasteiger partial charge in [-0.15, -0.1) is 0 Å². The number of amides is 1. The molecule has 37 heavy (non-hydrogen) atoms. The van der Waals surface area contributed by atoms with Crippen LogP contribution in [-0.4, -0.2) is 40.8 Å². The Hall–Kier alpha value is -3.71. The molecule has 0 aliphatic carbocycles. The van der Waals surface area contributed by atoms with Crippen LogP contribution >= 0.6 is 11.6 Å². The molecular weight excluding hydrogens is 496 g/mol. The molecule has 1 fully saturated rings. The summed E-state index contributed by atoms with van der Waals surface area (Å²) in [6, 6.07) is 16.3. The molecule has 3 aromatic carbocycles. The number of rotatable bonds is 4. The van der Waals surface area contributed by atoms with Crippen molar-refractivity contribution in [2.24, 2.45) is 0 Å². The van der Waals surface area contributed by atoms with Crippen molar-refractivity contribution in [1.82, 2.24) is 9.47 Å². The first kappa shape index (κ1) is 23.7. The highest BCUT2D eigenvalue weighted by atomic mass is 35.5. The molecule has 6 rings (SSSR count). The normalized spacial score (nSPS) is 16.1. The van der Waals surface area contributed by atoms with E-state index in [0.717, 1.165) is 37.6 Å². The molecular formula is C29H24ClF2N3O2. The highest BCUT2D eigenvalue weighted by molar-refractivity contribution is 6.31. The van der Waals surface area contributed by atoms with E-state index in [2.05, 4.69) is 23.5 Å². The van der Waals surface area contributed by atoms with E-state index >= 15 is 0 Å².